The van der Waals surface area contributed by atoms with Crippen LogP contribution in [0.15, 0.2) is 47.4 Å². The van der Waals surface area contributed by atoms with Crippen LogP contribution >= 0.6 is 0 Å². The monoisotopic (exact) mass is 427 g/mol. The molecule has 0 saturated heterocycles. The van der Waals surface area contributed by atoms with Crippen molar-refractivity contribution in [3.63, 3.8) is 0 Å². The number of aryl methyl sites for hydroxylation is 1. The normalized spacial score (nSPS) is 12.0. The summed E-state index contributed by atoms with van der Waals surface area (Å²) in [5.41, 5.74) is 1.48. The lowest BCUT2D eigenvalue weighted by Crippen LogP contribution is -2.26. The molecular weight excluding hydrogens is 406 g/mol. The third kappa shape index (κ3) is 5.29. The molecule has 0 aromatic heterocycles. The number of hydrogen-bond donors (Lipinski definition) is 2. The quantitative estimate of drug-likeness (QED) is 0.650. The van der Waals surface area contributed by atoms with Crippen molar-refractivity contribution in [3.05, 3.63) is 53.6 Å². The zero-order chi connectivity index (χ0) is 21.1. The van der Waals surface area contributed by atoms with E-state index >= 15 is 0 Å². The van der Waals surface area contributed by atoms with E-state index in [2.05, 4.69) is 10.0 Å². The van der Waals surface area contributed by atoms with Crippen molar-refractivity contribution in [2.45, 2.75) is 11.8 Å². The summed E-state index contributed by atoms with van der Waals surface area (Å²) < 4.78 is 50.6. The Labute approximate surface area is 164 Å². The second kappa shape index (κ2) is 8.27. The van der Waals surface area contributed by atoms with Crippen LogP contribution in [0, 0.1) is 6.92 Å². The first kappa shape index (κ1) is 21.8. The topological polar surface area (TPSA) is 122 Å². The zero-order valence-electron chi connectivity index (χ0n) is 15.8. The first-order valence-electron chi connectivity index (χ1n) is 7.97. The van der Waals surface area contributed by atoms with Crippen LogP contribution in [0.3, 0.4) is 0 Å². The highest BCUT2D eigenvalue weighted by atomic mass is 32.2. The number of nitrogens with one attached hydrogen (secondary N) is 2. The van der Waals surface area contributed by atoms with Crippen molar-refractivity contribution in [2.75, 3.05) is 30.5 Å². The van der Waals surface area contributed by atoms with E-state index < -0.39 is 26.0 Å². The average Bonchev–Trinajstić information content (AvgIpc) is 2.62. The van der Waals surface area contributed by atoms with Gasteiger partial charge in [0.1, 0.15) is 0 Å². The van der Waals surface area contributed by atoms with E-state index in [9.17, 15) is 21.6 Å². The van der Waals surface area contributed by atoms with Crippen LogP contribution in [0.25, 0.3) is 0 Å². The van der Waals surface area contributed by atoms with Crippen LogP contribution < -0.4 is 10.0 Å². The lowest BCUT2D eigenvalue weighted by molar-refractivity contribution is -0.0258. The van der Waals surface area contributed by atoms with E-state index in [1.165, 1.54) is 44.5 Å². The lowest BCUT2D eigenvalue weighted by Gasteiger charge is -2.15. The van der Waals surface area contributed by atoms with Crippen molar-refractivity contribution in [1.29, 1.82) is 0 Å². The second-order valence-electron chi connectivity index (χ2n) is 5.98. The number of hydrogen-bond acceptors (Lipinski definition) is 6. The standard InChI is InChI=1S/C17H21N3O6S2/c1-12-8-9-14(11-16(12)19-27(4,22)23)18-17(21)13-6-5-7-15(10-13)28(24,25)20(2)26-3/h5-11,19H,1-4H3,(H,18,21). The number of hydroxylamine groups is 1. The fraction of sp³-hybridized carbons (Fsp3) is 0.235. The van der Waals surface area contributed by atoms with Gasteiger partial charge in [-0.05, 0) is 42.8 Å². The molecule has 0 aliphatic carbocycles. The maximum absolute atomic E-state index is 12.5. The van der Waals surface area contributed by atoms with Crippen molar-refractivity contribution in [1.82, 2.24) is 4.47 Å². The predicted octanol–water partition coefficient (Wildman–Crippen LogP) is 1.80. The Hall–Kier alpha value is -2.47. The van der Waals surface area contributed by atoms with Gasteiger partial charge in [0, 0.05) is 18.3 Å². The molecule has 0 aliphatic rings. The number of sulfonamides is 2. The zero-order valence-corrected chi connectivity index (χ0v) is 17.4. The molecule has 0 fully saturated rings. The van der Waals surface area contributed by atoms with Gasteiger partial charge in [-0.15, -0.1) is 0 Å². The third-order valence-electron chi connectivity index (χ3n) is 3.78. The van der Waals surface area contributed by atoms with Crippen molar-refractivity contribution in [2.24, 2.45) is 0 Å². The number of rotatable bonds is 7. The largest absolute Gasteiger partial charge is 0.322 e. The summed E-state index contributed by atoms with van der Waals surface area (Å²) >= 11 is 0. The molecule has 28 heavy (non-hydrogen) atoms. The molecule has 2 rings (SSSR count). The highest BCUT2D eigenvalue weighted by Crippen LogP contribution is 2.22. The van der Waals surface area contributed by atoms with Gasteiger partial charge in [-0.2, -0.15) is 0 Å². The molecule has 2 aromatic rings. The molecule has 0 unspecified atom stereocenters. The summed E-state index contributed by atoms with van der Waals surface area (Å²) in [6.45, 7) is 1.72. The molecule has 0 bridgehead atoms. The van der Waals surface area contributed by atoms with E-state index in [4.69, 9.17) is 4.84 Å². The van der Waals surface area contributed by atoms with Crippen molar-refractivity contribution >= 4 is 37.3 Å². The fourth-order valence-electron chi connectivity index (χ4n) is 2.26. The second-order valence-corrected chi connectivity index (χ2v) is 9.67. The highest BCUT2D eigenvalue weighted by molar-refractivity contribution is 7.92. The highest BCUT2D eigenvalue weighted by Gasteiger charge is 2.22. The molecule has 1 amide bonds. The van der Waals surface area contributed by atoms with E-state index in [0.29, 0.717) is 21.4 Å². The van der Waals surface area contributed by atoms with Crippen LogP contribution in [0.1, 0.15) is 15.9 Å². The molecule has 9 nitrogen and oxygen atoms in total. The number of anilines is 2. The molecule has 152 valence electrons. The Kier molecular flexibility index (Phi) is 6.44. The number of nitrogens with zero attached hydrogens (tertiary/aromatic N) is 1. The van der Waals surface area contributed by atoms with E-state index in [1.807, 2.05) is 0 Å². The molecule has 11 heteroatoms. The van der Waals surface area contributed by atoms with Crippen LogP contribution in [-0.2, 0) is 24.9 Å². The number of amides is 1. The van der Waals surface area contributed by atoms with Gasteiger partial charge < -0.3 is 5.32 Å². The van der Waals surface area contributed by atoms with E-state index in [0.717, 1.165) is 6.26 Å². The maximum Gasteiger partial charge on any atom is 0.264 e. The molecular formula is C17H21N3O6S2. The van der Waals surface area contributed by atoms with Gasteiger partial charge in [-0.1, -0.05) is 16.6 Å². The van der Waals surface area contributed by atoms with E-state index in [1.54, 1.807) is 19.1 Å². The molecule has 0 radical (unpaired) electrons. The molecule has 2 N–H and O–H groups in total. The Bertz CT molecular complexity index is 1100. The van der Waals surface area contributed by atoms with E-state index in [-0.39, 0.29) is 10.5 Å². The summed E-state index contributed by atoms with van der Waals surface area (Å²) in [6, 6.07) is 10.2. The van der Waals surface area contributed by atoms with Gasteiger partial charge >= 0.3 is 0 Å². The third-order valence-corrected chi connectivity index (χ3v) is 6.05. The first-order valence-corrected chi connectivity index (χ1v) is 11.3. The lowest BCUT2D eigenvalue weighted by atomic mass is 10.1. The Balaban J connectivity index is 2.29. The Morgan fingerprint density at radius 3 is 2.36 bits per heavy atom. The number of benzene rings is 2. The maximum atomic E-state index is 12.5. The minimum absolute atomic E-state index is 0.104. The fourth-order valence-corrected chi connectivity index (χ4v) is 3.90. The van der Waals surface area contributed by atoms with Gasteiger partial charge in [0.2, 0.25) is 10.0 Å². The van der Waals surface area contributed by atoms with Crippen LogP contribution in [0.5, 0.6) is 0 Å². The number of carbonyl (C=O) groups is 1. The SMILES string of the molecule is CON(C)S(=O)(=O)c1cccc(C(=O)Nc2ccc(C)c(NS(C)(=O)=O)c2)c1. The van der Waals surface area contributed by atoms with Crippen molar-refractivity contribution in [3.8, 4) is 0 Å². The van der Waals surface area contributed by atoms with Gasteiger partial charge in [0.15, 0.2) is 0 Å². The predicted molar refractivity (Wildman–Crippen MR) is 106 cm³/mol. The van der Waals surface area contributed by atoms with Gasteiger partial charge in [-0.25, -0.2) is 16.8 Å². The van der Waals surface area contributed by atoms with Crippen molar-refractivity contribution < 1.29 is 26.5 Å². The Morgan fingerprint density at radius 1 is 1.07 bits per heavy atom. The minimum Gasteiger partial charge on any atom is -0.322 e. The molecule has 0 atom stereocenters. The number of carbonyl (C=O) groups excluding carboxylic acids is 1. The smallest absolute Gasteiger partial charge is 0.264 e. The molecule has 0 heterocycles. The summed E-state index contributed by atoms with van der Waals surface area (Å²) in [4.78, 5) is 17.1. The summed E-state index contributed by atoms with van der Waals surface area (Å²) in [7, 11) is -4.92. The molecule has 0 aliphatic heterocycles. The van der Waals surface area contributed by atoms with Gasteiger partial charge in [0.05, 0.1) is 23.9 Å². The first-order chi connectivity index (χ1) is 12.9. The molecule has 2 aromatic carbocycles. The van der Waals surface area contributed by atoms with Gasteiger partial charge in [-0.3, -0.25) is 14.4 Å². The Morgan fingerprint density at radius 2 is 1.75 bits per heavy atom. The average molecular weight is 428 g/mol. The van der Waals surface area contributed by atoms with Crippen LogP contribution in [0.2, 0.25) is 0 Å². The van der Waals surface area contributed by atoms with Crippen LogP contribution in [-0.4, -0.2) is 47.6 Å². The van der Waals surface area contributed by atoms with Crippen LogP contribution in [0.4, 0.5) is 11.4 Å². The molecule has 0 saturated carbocycles. The summed E-state index contributed by atoms with van der Waals surface area (Å²) in [6.07, 6.45) is 1.03. The summed E-state index contributed by atoms with van der Waals surface area (Å²) in [5, 5.41) is 2.62. The van der Waals surface area contributed by atoms with Gasteiger partial charge in [0.25, 0.3) is 15.9 Å². The molecule has 0 spiro atoms. The minimum atomic E-state index is -3.90. The summed E-state index contributed by atoms with van der Waals surface area (Å²) in [5.74, 6) is -0.550.